The maximum atomic E-state index is 5.90. The third kappa shape index (κ3) is 9.12. The second-order valence-corrected chi connectivity index (χ2v) is 7.75. The predicted octanol–water partition coefficient (Wildman–Crippen LogP) is 3.43. The number of benzene rings is 1. The molecule has 1 fully saturated rings. The number of aliphatic imine (C=N–C) groups is 1. The summed E-state index contributed by atoms with van der Waals surface area (Å²) in [7, 11) is 0. The second kappa shape index (κ2) is 13.3. The van der Waals surface area contributed by atoms with Crippen molar-refractivity contribution in [1.29, 1.82) is 0 Å². The highest BCUT2D eigenvalue weighted by molar-refractivity contribution is 7.99. The van der Waals surface area contributed by atoms with Crippen molar-refractivity contribution in [2.45, 2.75) is 24.7 Å². The van der Waals surface area contributed by atoms with Crippen molar-refractivity contribution in [3.8, 4) is 0 Å². The number of hydrogen-bond acceptors (Lipinski definition) is 4. The fraction of sp³-hybridized carbons (Fsp3) is 0.632. The van der Waals surface area contributed by atoms with Crippen LogP contribution in [0.15, 0.2) is 34.2 Å². The molecule has 5 nitrogen and oxygen atoms in total. The van der Waals surface area contributed by atoms with Crippen LogP contribution in [0.5, 0.6) is 0 Å². The molecule has 1 aromatic carbocycles. The summed E-state index contributed by atoms with van der Waals surface area (Å²) < 4.78 is 11.1. The van der Waals surface area contributed by atoms with Crippen molar-refractivity contribution < 1.29 is 9.47 Å². The zero-order valence-electron chi connectivity index (χ0n) is 15.5. The van der Waals surface area contributed by atoms with Gasteiger partial charge < -0.3 is 20.1 Å². The Morgan fingerprint density at radius 2 is 2.19 bits per heavy atom. The Kier molecular flexibility index (Phi) is 10.9. The Hall–Kier alpha value is -0.950. The summed E-state index contributed by atoms with van der Waals surface area (Å²) in [4.78, 5) is 5.83. The number of nitrogens with one attached hydrogen (secondary N) is 2. The summed E-state index contributed by atoms with van der Waals surface area (Å²) in [5.74, 6) is 2.42. The fourth-order valence-corrected chi connectivity index (χ4v) is 3.43. The Morgan fingerprint density at radius 1 is 1.35 bits per heavy atom. The van der Waals surface area contributed by atoms with Crippen LogP contribution in [-0.4, -0.2) is 57.8 Å². The average molecular weight is 400 g/mol. The molecule has 7 heteroatoms. The van der Waals surface area contributed by atoms with Crippen LogP contribution in [0.3, 0.4) is 0 Å². The number of guanidine groups is 1. The lowest BCUT2D eigenvalue weighted by Crippen LogP contribution is -2.38. The molecule has 1 unspecified atom stereocenters. The molecule has 0 aromatic heterocycles. The molecule has 0 saturated carbocycles. The van der Waals surface area contributed by atoms with Gasteiger partial charge in [0.05, 0.1) is 13.2 Å². The molecule has 1 heterocycles. The first-order valence-corrected chi connectivity index (χ1v) is 10.7. The minimum absolute atomic E-state index is 0.579. The van der Waals surface area contributed by atoms with E-state index in [2.05, 4.69) is 22.5 Å². The van der Waals surface area contributed by atoms with E-state index < -0.39 is 0 Å². The first-order chi connectivity index (χ1) is 12.8. The first kappa shape index (κ1) is 21.4. The SMILES string of the molecule is CCNC(=NCCCOCC1CCOC1)NCCSc1ccc(Cl)cc1. The molecule has 1 aliphatic heterocycles. The van der Waals surface area contributed by atoms with Crippen LogP contribution >= 0.6 is 23.4 Å². The molecule has 0 spiro atoms. The monoisotopic (exact) mass is 399 g/mol. The predicted molar refractivity (Wildman–Crippen MR) is 111 cm³/mol. The van der Waals surface area contributed by atoms with Crippen molar-refractivity contribution in [2.75, 3.05) is 51.8 Å². The van der Waals surface area contributed by atoms with Gasteiger partial charge in [-0.05, 0) is 44.0 Å². The molecule has 0 radical (unpaired) electrons. The molecular formula is C19H30ClN3O2S. The number of nitrogens with zero attached hydrogens (tertiary/aromatic N) is 1. The second-order valence-electron chi connectivity index (χ2n) is 6.15. The van der Waals surface area contributed by atoms with Crippen LogP contribution in [0, 0.1) is 5.92 Å². The highest BCUT2D eigenvalue weighted by Gasteiger charge is 2.15. The first-order valence-electron chi connectivity index (χ1n) is 9.34. The van der Waals surface area contributed by atoms with Crippen molar-refractivity contribution in [1.82, 2.24) is 10.6 Å². The zero-order valence-corrected chi connectivity index (χ0v) is 17.1. The average Bonchev–Trinajstić information content (AvgIpc) is 3.16. The van der Waals surface area contributed by atoms with E-state index in [9.17, 15) is 0 Å². The molecule has 2 rings (SSSR count). The highest BCUT2D eigenvalue weighted by Crippen LogP contribution is 2.19. The molecule has 26 heavy (non-hydrogen) atoms. The lowest BCUT2D eigenvalue weighted by Gasteiger charge is -2.11. The normalized spacial score (nSPS) is 17.5. The molecule has 0 amide bonds. The maximum absolute atomic E-state index is 5.90. The Bertz CT molecular complexity index is 522. The molecule has 1 aromatic rings. The number of rotatable bonds is 11. The van der Waals surface area contributed by atoms with E-state index in [4.69, 9.17) is 21.1 Å². The molecule has 1 atom stereocenters. The lowest BCUT2D eigenvalue weighted by atomic mass is 10.1. The van der Waals surface area contributed by atoms with E-state index in [1.165, 1.54) is 4.90 Å². The summed E-state index contributed by atoms with van der Waals surface area (Å²) in [5, 5.41) is 7.42. The maximum Gasteiger partial charge on any atom is 0.191 e. The lowest BCUT2D eigenvalue weighted by molar-refractivity contribution is 0.0893. The molecule has 1 saturated heterocycles. The van der Waals surface area contributed by atoms with E-state index in [1.807, 2.05) is 24.3 Å². The van der Waals surface area contributed by atoms with Gasteiger partial charge >= 0.3 is 0 Å². The summed E-state index contributed by atoms with van der Waals surface area (Å²) in [6.07, 6.45) is 2.06. The summed E-state index contributed by atoms with van der Waals surface area (Å²) in [5.41, 5.74) is 0. The summed E-state index contributed by atoms with van der Waals surface area (Å²) >= 11 is 7.70. The standard InChI is InChI=1S/C19H30ClN3O2S/c1-2-21-19(22-9-3-11-24-14-16-8-12-25-15-16)23-10-13-26-18-6-4-17(20)5-7-18/h4-7,16H,2-3,8-15H2,1H3,(H2,21,22,23). The number of halogens is 1. The molecule has 0 aliphatic carbocycles. The number of ether oxygens (including phenoxy) is 2. The van der Waals surface area contributed by atoms with Gasteiger partial charge in [-0.3, -0.25) is 4.99 Å². The third-order valence-electron chi connectivity index (χ3n) is 3.92. The number of thioether (sulfide) groups is 1. The molecular weight excluding hydrogens is 370 g/mol. The van der Waals surface area contributed by atoms with E-state index in [-0.39, 0.29) is 0 Å². The van der Waals surface area contributed by atoms with Crippen LogP contribution in [0.2, 0.25) is 5.02 Å². The van der Waals surface area contributed by atoms with Gasteiger partial charge in [-0.25, -0.2) is 0 Å². The van der Waals surface area contributed by atoms with Gasteiger partial charge in [-0.2, -0.15) is 0 Å². The Balaban J connectivity index is 1.55. The molecule has 2 N–H and O–H groups in total. The zero-order chi connectivity index (χ0) is 18.5. The largest absolute Gasteiger partial charge is 0.381 e. The summed E-state index contributed by atoms with van der Waals surface area (Å²) in [6.45, 7) is 7.85. The molecule has 1 aliphatic rings. The molecule has 0 bridgehead atoms. The van der Waals surface area contributed by atoms with Gasteiger partial charge in [0.2, 0.25) is 0 Å². The minimum atomic E-state index is 0.579. The molecule has 146 valence electrons. The van der Waals surface area contributed by atoms with Crippen LogP contribution in [-0.2, 0) is 9.47 Å². The van der Waals surface area contributed by atoms with E-state index >= 15 is 0 Å². The number of hydrogen-bond donors (Lipinski definition) is 2. The van der Waals surface area contributed by atoms with Crippen molar-refractivity contribution in [3.05, 3.63) is 29.3 Å². The van der Waals surface area contributed by atoms with Crippen LogP contribution in [0.25, 0.3) is 0 Å². The summed E-state index contributed by atoms with van der Waals surface area (Å²) in [6, 6.07) is 7.93. The van der Waals surface area contributed by atoms with E-state index in [0.29, 0.717) is 5.92 Å². The topological polar surface area (TPSA) is 54.9 Å². The van der Waals surface area contributed by atoms with Gasteiger partial charge in [-0.1, -0.05) is 11.6 Å². The minimum Gasteiger partial charge on any atom is -0.381 e. The van der Waals surface area contributed by atoms with Crippen molar-refractivity contribution >= 4 is 29.3 Å². The van der Waals surface area contributed by atoms with Gasteiger partial charge in [0, 0.05) is 54.4 Å². The van der Waals surface area contributed by atoms with Crippen molar-refractivity contribution in [2.24, 2.45) is 10.9 Å². The van der Waals surface area contributed by atoms with Gasteiger partial charge in [0.1, 0.15) is 0 Å². The van der Waals surface area contributed by atoms with Crippen LogP contribution < -0.4 is 10.6 Å². The van der Waals surface area contributed by atoms with Crippen molar-refractivity contribution in [3.63, 3.8) is 0 Å². The van der Waals surface area contributed by atoms with Gasteiger partial charge in [0.25, 0.3) is 0 Å². The Labute approximate surface area is 166 Å². The van der Waals surface area contributed by atoms with Crippen LogP contribution in [0.1, 0.15) is 19.8 Å². The quantitative estimate of drug-likeness (QED) is 0.258. The van der Waals surface area contributed by atoms with Gasteiger partial charge in [0.15, 0.2) is 5.96 Å². The van der Waals surface area contributed by atoms with Gasteiger partial charge in [-0.15, -0.1) is 11.8 Å². The highest BCUT2D eigenvalue weighted by atomic mass is 35.5. The fourth-order valence-electron chi connectivity index (χ4n) is 2.53. The smallest absolute Gasteiger partial charge is 0.191 e. The van der Waals surface area contributed by atoms with Crippen LogP contribution in [0.4, 0.5) is 0 Å². The van der Waals surface area contributed by atoms with E-state index in [0.717, 1.165) is 75.6 Å². The van der Waals surface area contributed by atoms with E-state index in [1.54, 1.807) is 11.8 Å². The third-order valence-corrected chi connectivity index (χ3v) is 5.18. The Morgan fingerprint density at radius 3 is 2.92 bits per heavy atom.